The van der Waals surface area contributed by atoms with Gasteiger partial charge in [-0.25, -0.2) is 8.42 Å². The first-order chi connectivity index (χ1) is 4.70. The number of hydrogen-bond donors (Lipinski definition) is 2. The standard InChI is InChI=1S/C6H10.H2O3S/c1-2-6-4-3-5(1)6;1-4(2)3/h5-6H,1-4H2;4H,(H,1,2,3). The van der Waals surface area contributed by atoms with E-state index in [-0.39, 0.29) is 0 Å². The molecule has 0 aromatic rings. The molecule has 2 fully saturated rings. The van der Waals surface area contributed by atoms with Gasteiger partial charge in [0.25, 0.3) is 11.0 Å². The van der Waals surface area contributed by atoms with Gasteiger partial charge in [-0.15, -0.1) is 0 Å². The molecule has 4 heteroatoms. The van der Waals surface area contributed by atoms with Crippen LogP contribution >= 0.6 is 0 Å². The van der Waals surface area contributed by atoms with E-state index < -0.39 is 11.0 Å². The van der Waals surface area contributed by atoms with E-state index in [1.54, 1.807) is 25.7 Å². The largest absolute Gasteiger partial charge is 0.288 e. The molecule has 0 amide bonds. The first-order valence-corrected chi connectivity index (χ1v) is 4.66. The molecule has 0 atom stereocenters. The summed E-state index contributed by atoms with van der Waals surface area (Å²) in [5.74, 6) is 2.43. The average Bonchev–Trinajstić information content (AvgIpc) is 1.77. The molecule has 3 nitrogen and oxygen atoms in total. The van der Waals surface area contributed by atoms with Gasteiger partial charge in [0.15, 0.2) is 0 Å². The van der Waals surface area contributed by atoms with Gasteiger partial charge in [0.2, 0.25) is 0 Å². The lowest BCUT2D eigenvalue weighted by Crippen LogP contribution is -2.34. The molecule has 0 radical (unpaired) electrons. The molecule has 1 N–H and O–H groups in total. The highest BCUT2D eigenvalue weighted by molar-refractivity contribution is 7.66. The van der Waals surface area contributed by atoms with Gasteiger partial charge >= 0.3 is 0 Å². The van der Waals surface area contributed by atoms with Crippen molar-refractivity contribution in [2.75, 3.05) is 0 Å². The van der Waals surface area contributed by atoms with Crippen molar-refractivity contribution in [2.24, 2.45) is 11.8 Å². The monoisotopic (exact) mass is 164 g/mol. The highest BCUT2D eigenvalue weighted by Gasteiger charge is 2.37. The first-order valence-electron chi connectivity index (χ1n) is 3.53. The predicted molar refractivity (Wildman–Crippen MR) is 38.4 cm³/mol. The Morgan fingerprint density at radius 2 is 1.20 bits per heavy atom. The zero-order valence-electron chi connectivity index (χ0n) is 5.69. The molecular weight excluding hydrogens is 152 g/mol. The topological polar surface area (TPSA) is 54.4 Å². The second-order valence-electron chi connectivity index (χ2n) is 2.91. The maximum absolute atomic E-state index is 8.59. The predicted octanol–water partition coefficient (Wildman–Crippen LogP) is 0.877. The average molecular weight is 164 g/mol. The fourth-order valence-electron chi connectivity index (χ4n) is 1.56. The van der Waals surface area contributed by atoms with Crippen molar-refractivity contribution < 1.29 is 13.0 Å². The first kappa shape index (κ1) is 8.01. The second-order valence-corrected chi connectivity index (χ2v) is 3.39. The van der Waals surface area contributed by atoms with Crippen LogP contribution in [0.1, 0.15) is 25.7 Å². The molecule has 0 heterocycles. The fourth-order valence-corrected chi connectivity index (χ4v) is 1.56. The summed E-state index contributed by atoms with van der Waals surface area (Å²) in [5, 5.41) is 0. The molecular formula is C6H12O3S. The summed E-state index contributed by atoms with van der Waals surface area (Å²) in [4.78, 5) is 0. The minimum absolute atomic E-state index is 1.21. The molecule has 10 heavy (non-hydrogen) atoms. The van der Waals surface area contributed by atoms with Crippen LogP contribution in [0.3, 0.4) is 0 Å². The van der Waals surface area contributed by atoms with Crippen molar-refractivity contribution in [3.63, 3.8) is 0 Å². The molecule has 0 aromatic heterocycles. The Morgan fingerprint density at radius 3 is 1.20 bits per heavy atom. The summed E-state index contributed by atoms with van der Waals surface area (Å²) in [6.45, 7) is 0. The van der Waals surface area contributed by atoms with Gasteiger partial charge in [-0.2, -0.15) is 0 Å². The molecule has 2 rings (SSSR count). The lowest BCUT2D eigenvalue weighted by atomic mass is 9.60. The minimum atomic E-state index is -3.12. The lowest BCUT2D eigenvalue weighted by molar-refractivity contribution is 0.0548. The molecule has 2 aliphatic carbocycles. The van der Waals surface area contributed by atoms with Crippen molar-refractivity contribution in [2.45, 2.75) is 25.7 Å². The second kappa shape index (κ2) is 3.34. The molecule has 60 valence electrons. The van der Waals surface area contributed by atoms with Gasteiger partial charge in [0.05, 0.1) is 0 Å². The van der Waals surface area contributed by atoms with Crippen LogP contribution in [0.25, 0.3) is 0 Å². The Kier molecular flexibility index (Phi) is 2.68. The van der Waals surface area contributed by atoms with E-state index in [9.17, 15) is 0 Å². The van der Waals surface area contributed by atoms with E-state index in [1.807, 2.05) is 0 Å². The van der Waals surface area contributed by atoms with Crippen LogP contribution in [0.2, 0.25) is 0 Å². The van der Waals surface area contributed by atoms with Crippen molar-refractivity contribution in [1.82, 2.24) is 0 Å². The van der Waals surface area contributed by atoms with Crippen LogP contribution in [0.15, 0.2) is 0 Å². The highest BCUT2D eigenvalue weighted by Crippen LogP contribution is 2.49. The fraction of sp³-hybridized carbons (Fsp3) is 1.00. The van der Waals surface area contributed by atoms with Crippen molar-refractivity contribution in [3.05, 3.63) is 0 Å². The Balaban J connectivity index is 0.000000112. The highest BCUT2D eigenvalue weighted by atomic mass is 32.2. The number of thiol groups is 1. The minimum Gasteiger partial charge on any atom is -0.288 e. The Labute approximate surface area is 62.2 Å². The van der Waals surface area contributed by atoms with Crippen LogP contribution in [-0.2, 0) is 11.0 Å². The lowest BCUT2D eigenvalue weighted by Gasteiger charge is -2.46. The Bertz CT molecular complexity index is 150. The van der Waals surface area contributed by atoms with Gasteiger partial charge in [-0.05, 0) is 37.5 Å². The van der Waals surface area contributed by atoms with E-state index in [0.717, 1.165) is 0 Å². The molecule has 2 saturated carbocycles. The van der Waals surface area contributed by atoms with E-state index in [2.05, 4.69) is 0 Å². The number of fused-ring (bicyclic) bond motifs is 1. The molecule has 0 saturated heterocycles. The van der Waals surface area contributed by atoms with E-state index in [0.29, 0.717) is 0 Å². The van der Waals surface area contributed by atoms with Crippen molar-refractivity contribution in [1.29, 1.82) is 0 Å². The van der Waals surface area contributed by atoms with Crippen molar-refractivity contribution >= 4 is 11.0 Å². The molecule has 0 unspecified atom stereocenters. The summed E-state index contributed by atoms with van der Waals surface area (Å²) >= 11 is 0. The summed E-state index contributed by atoms with van der Waals surface area (Å²) in [6.07, 6.45) is 6.24. The quantitative estimate of drug-likeness (QED) is 0.412. The maximum atomic E-state index is 8.59. The van der Waals surface area contributed by atoms with Gasteiger partial charge in [-0.1, -0.05) is 0 Å². The van der Waals surface area contributed by atoms with Crippen LogP contribution < -0.4 is 0 Å². The molecule has 0 aliphatic heterocycles. The van der Waals surface area contributed by atoms with E-state index in [4.69, 9.17) is 13.0 Å². The molecule has 0 spiro atoms. The maximum Gasteiger partial charge on any atom is 0.254 e. The molecule has 0 bridgehead atoms. The van der Waals surface area contributed by atoms with Gasteiger partial charge in [0, 0.05) is 0 Å². The van der Waals surface area contributed by atoms with E-state index >= 15 is 0 Å². The van der Waals surface area contributed by atoms with Gasteiger partial charge in [0.1, 0.15) is 0 Å². The number of hydrogen-bond acceptors (Lipinski definition) is 2. The van der Waals surface area contributed by atoms with Gasteiger partial charge < -0.3 is 0 Å². The van der Waals surface area contributed by atoms with Crippen LogP contribution in [0, 0.1) is 11.8 Å². The third-order valence-electron chi connectivity index (χ3n) is 2.48. The van der Waals surface area contributed by atoms with Crippen LogP contribution in [0.5, 0.6) is 0 Å². The van der Waals surface area contributed by atoms with Gasteiger partial charge in [-0.3, -0.25) is 4.55 Å². The zero-order valence-corrected chi connectivity index (χ0v) is 6.59. The number of rotatable bonds is 0. The third kappa shape index (κ3) is 1.95. The Hall–Kier alpha value is -0.0900. The smallest absolute Gasteiger partial charge is 0.254 e. The van der Waals surface area contributed by atoms with Crippen LogP contribution in [-0.4, -0.2) is 13.0 Å². The molecule has 0 aromatic carbocycles. The summed E-state index contributed by atoms with van der Waals surface area (Å²) in [6, 6.07) is 0. The van der Waals surface area contributed by atoms with E-state index in [1.165, 1.54) is 11.8 Å². The zero-order chi connectivity index (χ0) is 7.56. The third-order valence-corrected chi connectivity index (χ3v) is 2.48. The summed E-state index contributed by atoms with van der Waals surface area (Å²) in [7, 11) is -3.12. The molecule has 2 aliphatic rings. The Morgan fingerprint density at radius 1 is 1.00 bits per heavy atom. The summed E-state index contributed by atoms with van der Waals surface area (Å²) in [5.41, 5.74) is 0. The van der Waals surface area contributed by atoms with Crippen molar-refractivity contribution in [3.8, 4) is 0 Å². The van der Waals surface area contributed by atoms with Crippen LogP contribution in [0.4, 0.5) is 0 Å². The summed E-state index contributed by atoms with van der Waals surface area (Å²) < 4.78 is 24.2. The SMILES string of the molecule is C1CC2CCC12.O=[SH](=O)O. The normalized spacial score (nSPS) is 34.6.